The summed E-state index contributed by atoms with van der Waals surface area (Å²) in [5.41, 5.74) is 2.44. The third-order valence-electron chi connectivity index (χ3n) is 4.28. The van der Waals surface area contributed by atoms with Gasteiger partial charge in [-0.3, -0.25) is 9.10 Å². The Morgan fingerprint density at radius 3 is 1.96 bits per heavy atom. The van der Waals surface area contributed by atoms with E-state index in [1.165, 1.54) is 0 Å². The Hall–Kier alpha value is -2.54. The topological polar surface area (TPSA) is 60.9 Å². The third-order valence-corrected chi connectivity index (χ3v) is 5.42. The van der Waals surface area contributed by atoms with Gasteiger partial charge >= 0.3 is 0 Å². The van der Waals surface area contributed by atoms with Gasteiger partial charge < -0.3 is 9.80 Å². The summed E-state index contributed by atoms with van der Waals surface area (Å²) < 4.78 is 25.8. The number of benzene rings is 2. The minimum absolute atomic E-state index is 0.221. The first kappa shape index (κ1) is 20.8. The van der Waals surface area contributed by atoms with Gasteiger partial charge in [-0.1, -0.05) is 30.3 Å². The normalized spacial score (nSPS) is 11.1. The maximum Gasteiger partial charge on any atom is 0.243 e. The number of amides is 1. The van der Waals surface area contributed by atoms with Crippen LogP contribution in [0.25, 0.3) is 0 Å². The first-order chi connectivity index (χ1) is 12.7. The fourth-order valence-corrected chi connectivity index (χ4v) is 3.57. The highest BCUT2D eigenvalue weighted by atomic mass is 32.2. The van der Waals surface area contributed by atoms with Crippen LogP contribution in [0.5, 0.6) is 0 Å². The van der Waals surface area contributed by atoms with Crippen LogP contribution in [0.4, 0.5) is 11.4 Å². The van der Waals surface area contributed by atoms with E-state index in [4.69, 9.17) is 0 Å². The Morgan fingerprint density at radius 1 is 0.926 bits per heavy atom. The smallest absolute Gasteiger partial charge is 0.243 e. The van der Waals surface area contributed by atoms with Gasteiger partial charge in [0, 0.05) is 32.9 Å². The van der Waals surface area contributed by atoms with Crippen LogP contribution in [0.15, 0.2) is 54.6 Å². The van der Waals surface area contributed by atoms with Crippen LogP contribution < -0.4 is 9.21 Å². The number of likely N-dealkylation sites (N-methyl/N-ethyl adjacent to an activating group) is 1. The van der Waals surface area contributed by atoms with Crippen molar-refractivity contribution in [3.8, 4) is 0 Å². The van der Waals surface area contributed by atoms with E-state index in [9.17, 15) is 13.2 Å². The van der Waals surface area contributed by atoms with Crippen molar-refractivity contribution in [2.24, 2.45) is 0 Å². The summed E-state index contributed by atoms with van der Waals surface area (Å²) in [7, 11) is 0.236. The average molecular weight is 390 g/mol. The molecule has 2 rings (SSSR count). The first-order valence-corrected chi connectivity index (χ1v) is 10.6. The van der Waals surface area contributed by atoms with Gasteiger partial charge in [-0.05, 0) is 36.8 Å². The van der Waals surface area contributed by atoms with Gasteiger partial charge in [0.2, 0.25) is 15.9 Å². The van der Waals surface area contributed by atoms with Crippen molar-refractivity contribution in [2.75, 3.05) is 42.6 Å². The molecular weight excluding hydrogens is 362 g/mol. The van der Waals surface area contributed by atoms with Gasteiger partial charge in [0.05, 0.1) is 11.9 Å². The molecule has 7 heteroatoms. The van der Waals surface area contributed by atoms with Gasteiger partial charge in [0.1, 0.15) is 6.54 Å². The summed E-state index contributed by atoms with van der Waals surface area (Å²) in [6.45, 7) is 2.62. The third kappa shape index (κ3) is 5.72. The van der Waals surface area contributed by atoms with E-state index in [-0.39, 0.29) is 12.5 Å². The minimum atomic E-state index is -3.59. The molecule has 0 N–H and O–H groups in total. The van der Waals surface area contributed by atoms with Crippen molar-refractivity contribution in [3.05, 3.63) is 60.2 Å². The predicted octanol–water partition coefficient (Wildman–Crippen LogP) is 2.57. The molecule has 0 saturated carbocycles. The van der Waals surface area contributed by atoms with Crippen LogP contribution in [-0.4, -0.2) is 52.7 Å². The molecule has 146 valence electrons. The lowest BCUT2D eigenvalue weighted by Gasteiger charge is -2.27. The van der Waals surface area contributed by atoms with Gasteiger partial charge in [-0.15, -0.1) is 0 Å². The second-order valence-corrected chi connectivity index (χ2v) is 8.48. The second kappa shape index (κ2) is 8.90. The van der Waals surface area contributed by atoms with Gasteiger partial charge in [-0.2, -0.15) is 0 Å². The van der Waals surface area contributed by atoms with Gasteiger partial charge in [-0.25, -0.2) is 8.42 Å². The van der Waals surface area contributed by atoms with Gasteiger partial charge in [0.25, 0.3) is 0 Å². The molecule has 0 bridgehead atoms. The molecule has 0 atom stereocenters. The van der Waals surface area contributed by atoms with Crippen molar-refractivity contribution in [1.82, 2.24) is 4.90 Å². The van der Waals surface area contributed by atoms with E-state index in [2.05, 4.69) is 0 Å². The maximum absolute atomic E-state index is 12.8. The number of sulfonamides is 1. The Labute approximate surface area is 162 Å². The highest BCUT2D eigenvalue weighted by molar-refractivity contribution is 7.92. The minimum Gasteiger partial charge on any atom is -0.378 e. The molecule has 27 heavy (non-hydrogen) atoms. The number of rotatable bonds is 8. The van der Waals surface area contributed by atoms with E-state index >= 15 is 0 Å². The summed E-state index contributed by atoms with van der Waals surface area (Å²) in [4.78, 5) is 16.4. The van der Waals surface area contributed by atoms with Crippen LogP contribution in [-0.2, 0) is 21.4 Å². The number of hydrogen-bond acceptors (Lipinski definition) is 4. The van der Waals surface area contributed by atoms with Crippen LogP contribution >= 0.6 is 0 Å². The summed E-state index contributed by atoms with van der Waals surface area (Å²) in [5.74, 6) is -0.233. The van der Waals surface area contributed by atoms with E-state index in [1.54, 1.807) is 17.0 Å². The molecule has 0 aliphatic heterocycles. The number of hydrogen-bond donors (Lipinski definition) is 0. The molecule has 0 aromatic heterocycles. The van der Waals surface area contributed by atoms with Crippen LogP contribution in [0.3, 0.4) is 0 Å². The SMILES string of the molecule is CCN(Cc1ccccc1)C(=O)CN(c1ccc(N(C)C)cc1)S(C)(=O)=O. The summed E-state index contributed by atoms with van der Waals surface area (Å²) in [5, 5.41) is 0. The van der Waals surface area contributed by atoms with E-state index in [1.807, 2.05) is 68.4 Å². The molecule has 0 fully saturated rings. The Balaban J connectivity index is 2.20. The molecule has 2 aromatic carbocycles. The summed E-state index contributed by atoms with van der Waals surface area (Å²) in [6.07, 6.45) is 1.12. The molecular formula is C20H27N3O3S. The first-order valence-electron chi connectivity index (χ1n) is 8.79. The van der Waals surface area contributed by atoms with E-state index in [0.717, 1.165) is 21.8 Å². The maximum atomic E-state index is 12.8. The summed E-state index contributed by atoms with van der Waals surface area (Å²) in [6, 6.07) is 16.8. The molecule has 6 nitrogen and oxygen atoms in total. The van der Waals surface area contributed by atoms with Crippen molar-refractivity contribution < 1.29 is 13.2 Å². The Kier molecular flexibility index (Phi) is 6.85. The van der Waals surface area contributed by atoms with Crippen LogP contribution in [0, 0.1) is 0 Å². The Bertz CT molecular complexity index is 850. The van der Waals surface area contributed by atoms with E-state index < -0.39 is 10.0 Å². The fraction of sp³-hybridized carbons (Fsp3) is 0.350. The Morgan fingerprint density at radius 2 is 1.48 bits per heavy atom. The van der Waals surface area contributed by atoms with Crippen molar-refractivity contribution in [3.63, 3.8) is 0 Å². The number of anilines is 2. The lowest BCUT2D eigenvalue weighted by Crippen LogP contribution is -2.42. The average Bonchev–Trinajstić information content (AvgIpc) is 2.64. The highest BCUT2D eigenvalue weighted by Crippen LogP contribution is 2.22. The van der Waals surface area contributed by atoms with E-state index in [0.29, 0.717) is 18.8 Å². The van der Waals surface area contributed by atoms with Gasteiger partial charge in [0.15, 0.2) is 0 Å². The van der Waals surface area contributed by atoms with Crippen molar-refractivity contribution in [1.29, 1.82) is 0 Å². The monoisotopic (exact) mass is 389 g/mol. The zero-order valence-electron chi connectivity index (χ0n) is 16.3. The van der Waals surface area contributed by atoms with Crippen LogP contribution in [0.2, 0.25) is 0 Å². The molecule has 1 amide bonds. The van der Waals surface area contributed by atoms with Crippen LogP contribution in [0.1, 0.15) is 12.5 Å². The van der Waals surface area contributed by atoms with Crippen molar-refractivity contribution >= 4 is 27.3 Å². The zero-order chi connectivity index (χ0) is 20.0. The molecule has 0 radical (unpaired) electrons. The molecule has 0 aliphatic carbocycles. The number of carbonyl (C=O) groups excluding carboxylic acids is 1. The fourth-order valence-electron chi connectivity index (χ4n) is 2.72. The molecule has 0 spiro atoms. The van der Waals surface area contributed by atoms with Crippen molar-refractivity contribution in [2.45, 2.75) is 13.5 Å². The zero-order valence-corrected chi connectivity index (χ0v) is 17.1. The predicted molar refractivity (Wildman–Crippen MR) is 110 cm³/mol. The quantitative estimate of drug-likeness (QED) is 0.696. The molecule has 0 aliphatic rings. The number of carbonyl (C=O) groups is 1. The standard InChI is InChI=1S/C20H27N3O3S/c1-5-22(15-17-9-7-6-8-10-17)20(24)16-23(27(4,25)26)19-13-11-18(12-14-19)21(2)3/h6-14H,5,15-16H2,1-4H3. The molecule has 0 saturated heterocycles. The number of nitrogens with zero attached hydrogens (tertiary/aromatic N) is 3. The molecule has 2 aromatic rings. The summed E-state index contributed by atoms with van der Waals surface area (Å²) >= 11 is 0. The lowest BCUT2D eigenvalue weighted by molar-refractivity contribution is -0.129. The molecule has 0 unspecified atom stereocenters. The highest BCUT2D eigenvalue weighted by Gasteiger charge is 2.23. The second-order valence-electron chi connectivity index (χ2n) is 6.57. The lowest BCUT2D eigenvalue weighted by atomic mass is 10.2. The largest absolute Gasteiger partial charge is 0.378 e. The molecule has 0 heterocycles.